The van der Waals surface area contributed by atoms with E-state index in [1.807, 2.05) is 29.9 Å². The van der Waals surface area contributed by atoms with Crippen molar-refractivity contribution in [3.05, 3.63) is 59.9 Å². The van der Waals surface area contributed by atoms with Crippen LogP contribution in [0.25, 0.3) is 0 Å². The number of piperidine rings is 2. The van der Waals surface area contributed by atoms with Gasteiger partial charge in [-0.25, -0.2) is 0 Å². The molecule has 0 aliphatic carbocycles. The minimum atomic E-state index is -4.94. The van der Waals surface area contributed by atoms with Crippen molar-refractivity contribution in [1.82, 2.24) is 14.8 Å². The van der Waals surface area contributed by atoms with Gasteiger partial charge in [0.2, 0.25) is 5.91 Å². The van der Waals surface area contributed by atoms with Crippen LogP contribution in [0.5, 0.6) is 0 Å². The van der Waals surface area contributed by atoms with E-state index in [9.17, 15) is 22.8 Å². The summed E-state index contributed by atoms with van der Waals surface area (Å²) in [6, 6.07) is 11.0. The van der Waals surface area contributed by atoms with Crippen molar-refractivity contribution in [3.8, 4) is 0 Å². The Bertz CT molecular complexity index is 1010. The lowest BCUT2D eigenvalue weighted by molar-refractivity contribution is -0.271. The summed E-state index contributed by atoms with van der Waals surface area (Å²) < 4.78 is 50.0. The standard InChI is InChI=1S/C24H28F3N3O3/c1-29-12-6-9-19(29)18-16-28-20(31)15-22(18)10-13-30(14-11-22)21(32)23(33-2,24(25,26)27)17-7-4-3-5-8-17/h3-9,12,18H,10-11,13-16H2,1-2H3,(H,28,31)/t18-,23-/m1/s1. The summed E-state index contributed by atoms with van der Waals surface area (Å²) in [5.41, 5.74) is -2.66. The highest BCUT2D eigenvalue weighted by Crippen LogP contribution is 2.50. The van der Waals surface area contributed by atoms with E-state index in [4.69, 9.17) is 4.74 Å². The van der Waals surface area contributed by atoms with Crippen LogP contribution >= 0.6 is 0 Å². The lowest BCUT2D eigenvalue weighted by Crippen LogP contribution is -2.60. The van der Waals surface area contributed by atoms with Crippen molar-refractivity contribution in [2.75, 3.05) is 26.7 Å². The van der Waals surface area contributed by atoms with E-state index < -0.39 is 23.1 Å². The number of nitrogens with zero attached hydrogens (tertiary/aromatic N) is 2. The zero-order valence-electron chi connectivity index (χ0n) is 18.7. The van der Waals surface area contributed by atoms with Crippen molar-refractivity contribution in [2.24, 2.45) is 12.5 Å². The summed E-state index contributed by atoms with van der Waals surface area (Å²) in [4.78, 5) is 26.9. The number of likely N-dealkylation sites (tertiary alicyclic amines) is 1. The fraction of sp³-hybridized carbons (Fsp3) is 0.500. The van der Waals surface area contributed by atoms with Gasteiger partial charge in [0.1, 0.15) is 0 Å². The van der Waals surface area contributed by atoms with Crippen LogP contribution < -0.4 is 5.32 Å². The summed E-state index contributed by atoms with van der Waals surface area (Å²) in [7, 11) is 2.86. The molecule has 178 valence electrons. The van der Waals surface area contributed by atoms with Crippen molar-refractivity contribution in [2.45, 2.75) is 37.0 Å². The predicted molar refractivity (Wildman–Crippen MR) is 115 cm³/mol. The number of ether oxygens (including phenoxy) is 1. The maximum absolute atomic E-state index is 14.3. The third-order valence-electron chi connectivity index (χ3n) is 7.33. The minimum Gasteiger partial charge on any atom is -0.356 e. The number of halogens is 3. The van der Waals surface area contributed by atoms with Crippen LogP contribution in [-0.4, -0.2) is 54.2 Å². The van der Waals surface area contributed by atoms with Gasteiger partial charge in [0.15, 0.2) is 0 Å². The number of carbonyl (C=O) groups excluding carboxylic acids is 2. The molecule has 2 amide bonds. The molecule has 2 fully saturated rings. The molecule has 9 heteroatoms. The zero-order valence-corrected chi connectivity index (χ0v) is 18.7. The van der Waals surface area contributed by atoms with Crippen LogP contribution in [0.1, 0.15) is 36.4 Å². The summed E-state index contributed by atoms with van der Waals surface area (Å²) in [5, 5.41) is 2.93. The number of alkyl halides is 3. The zero-order chi connectivity index (χ0) is 23.9. The smallest absolute Gasteiger partial charge is 0.356 e. The number of nitrogens with one attached hydrogen (secondary N) is 1. The quantitative estimate of drug-likeness (QED) is 0.757. The monoisotopic (exact) mass is 463 g/mol. The molecule has 0 bridgehead atoms. The third-order valence-corrected chi connectivity index (χ3v) is 7.33. The number of methoxy groups -OCH3 is 1. The third kappa shape index (κ3) is 3.82. The second kappa shape index (κ2) is 8.52. The van der Waals surface area contributed by atoms with E-state index in [1.54, 1.807) is 6.07 Å². The molecule has 0 radical (unpaired) electrons. The fourth-order valence-electron chi connectivity index (χ4n) is 5.50. The molecule has 4 rings (SSSR count). The Labute approximate surface area is 190 Å². The van der Waals surface area contributed by atoms with E-state index in [-0.39, 0.29) is 36.9 Å². The van der Waals surface area contributed by atoms with Crippen LogP contribution in [0, 0.1) is 5.41 Å². The summed E-state index contributed by atoms with van der Waals surface area (Å²) >= 11 is 0. The van der Waals surface area contributed by atoms with Crippen molar-refractivity contribution in [3.63, 3.8) is 0 Å². The average molecular weight is 464 g/mol. The van der Waals surface area contributed by atoms with E-state index in [0.29, 0.717) is 19.4 Å². The first-order chi connectivity index (χ1) is 15.6. The molecular weight excluding hydrogens is 435 g/mol. The van der Waals surface area contributed by atoms with Crippen LogP contribution in [0.3, 0.4) is 0 Å². The summed E-state index contributed by atoms with van der Waals surface area (Å²) in [6.45, 7) is 0.724. The first-order valence-electron chi connectivity index (χ1n) is 11.0. The molecule has 2 aliphatic heterocycles. The fourth-order valence-corrected chi connectivity index (χ4v) is 5.50. The van der Waals surface area contributed by atoms with E-state index in [2.05, 4.69) is 5.32 Å². The second-order valence-electron chi connectivity index (χ2n) is 8.98. The van der Waals surface area contributed by atoms with Gasteiger partial charge in [-0.2, -0.15) is 13.2 Å². The Hall–Kier alpha value is -2.81. The highest BCUT2D eigenvalue weighted by atomic mass is 19.4. The molecule has 0 unspecified atom stereocenters. The van der Waals surface area contributed by atoms with Crippen LogP contribution in [0.4, 0.5) is 13.2 Å². The molecule has 1 aromatic carbocycles. The average Bonchev–Trinajstić information content (AvgIpc) is 3.20. The van der Waals surface area contributed by atoms with Crippen molar-refractivity contribution >= 4 is 11.8 Å². The first-order valence-corrected chi connectivity index (χ1v) is 11.0. The maximum Gasteiger partial charge on any atom is 0.430 e. The molecule has 0 saturated carbocycles. The van der Waals surface area contributed by atoms with Crippen LogP contribution in [-0.2, 0) is 27.0 Å². The number of hydrogen-bond donors (Lipinski definition) is 1. The van der Waals surface area contributed by atoms with Gasteiger partial charge in [-0.3, -0.25) is 9.59 Å². The van der Waals surface area contributed by atoms with Gasteiger partial charge in [-0.15, -0.1) is 0 Å². The minimum absolute atomic E-state index is 0.0244. The normalized spacial score (nSPS) is 22.6. The van der Waals surface area contributed by atoms with Gasteiger partial charge >= 0.3 is 6.18 Å². The Balaban J connectivity index is 1.62. The molecule has 2 aliphatic rings. The topological polar surface area (TPSA) is 63.6 Å². The SMILES string of the molecule is CO[C@@](C(=O)N1CCC2(CC1)CC(=O)NC[C@@H]2c1cccn1C)(c1ccccc1)C(F)(F)F. The van der Waals surface area contributed by atoms with E-state index in [1.165, 1.54) is 29.2 Å². The Morgan fingerprint density at radius 1 is 1.12 bits per heavy atom. The first kappa shape index (κ1) is 23.4. The van der Waals surface area contributed by atoms with Gasteiger partial charge in [0, 0.05) is 63.6 Å². The van der Waals surface area contributed by atoms with Crippen molar-refractivity contribution in [1.29, 1.82) is 0 Å². The molecule has 3 heterocycles. The lowest BCUT2D eigenvalue weighted by atomic mass is 9.63. The van der Waals surface area contributed by atoms with Gasteiger partial charge in [0.25, 0.3) is 11.5 Å². The summed E-state index contributed by atoms with van der Waals surface area (Å²) in [6.07, 6.45) is -1.83. The molecule has 2 atom stereocenters. The molecular formula is C24H28F3N3O3. The molecule has 6 nitrogen and oxygen atoms in total. The van der Waals surface area contributed by atoms with Crippen LogP contribution in [0.15, 0.2) is 48.7 Å². The number of rotatable bonds is 4. The Morgan fingerprint density at radius 2 is 1.79 bits per heavy atom. The number of aryl methyl sites for hydroxylation is 1. The van der Waals surface area contributed by atoms with E-state index in [0.717, 1.165) is 12.8 Å². The molecule has 33 heavy (non-hydrogen) atoms. The number of aromatic nitrogens is 1. The number of hydrogen-bond acceptors (Lipinski definition) is 3. The largest absolute Gasteiger partial charge is 0.430 e. The number of benzene rings is 1. The molecule has 2 saturated heterocycles. The predicted octanol–water partition coefficient (Wildman–Crippen LogP) is 3.34. The molecule has 1 aromatic heterocycles. The van der Waals surface area contributed by atoms with Gasteiger partial charge in [0.05, 0.1) is 0 Å². The molecule has 1 N–H and O–H groups in total. The van der Waals surface area contributed by atoms with Gasteiger partial charge in [-0.05, 0) is 30.4 Å². The number of amides is 2. The lowest BCUT2D eigenvalue weighted by Gasteiger charge is -2.50. The summed E-state index contributed by atoms with van der Waals surface area (Å²) in [5.74, 6) is -1.16. The Kier molecular flexibility index (Phi) is 6.03. The van der Waals surface area contributed by atoms with Crippen LogP contribution in [0.2, 0.25) is 0 Å². The molecule has 1 spiro atoms. The maximum atomic E-state index is 14.3. The molecule has 2 aromatic rings. The second-order valence-corrected chi connectivity index (χ2v) is 8.98. The van der Waals surface area contributed by atoms with Gasteiger partial charge < -0.3 is 19.5 Å². The highest BCUT2D eigenvalue weighted by Gasteiger charge is 2.64. The van der Waals surface area contributed by atoms with E-state index >= 15 is 0 Å². The highest BCUT2D eigenvalue weighted by molar-refractivity contribution is 5.88. The van der Waals surface area contributed by atoms with Crippen molar-refractivity contribution < 1.29 is 27.5 Å². The number of carbonyl (C=O) groups is 2. The Morgan fingerprint density at radius 3 is 2.33 bits per heavy atom. The van der Waals surface area contributed by atoms with Gasteiger partial charge in [-0.1, -0.05) is 30.3 Å².